The number of thiophene rings is 2. The standard InChI is InChI=1S/C15H12O4S2/c16-14(19-12-5-6-18-15(12)17)11(13-4-2-8-21-13)9-10-3-1-7-20-10/h1-4,7-9,12H,5-6H2/b11-9-/t12-/m1/s1. The maximum atomic E-state index is 12.4. The van der Waals surface area contributed by atoms with Crippen LogP contribution in [-0.4, -0.2) is 24.6 Å². The summed E-state index contributed by atoms with van der Waals surface area (Å²) in [6.45, 7) is 0.305. The predicted molar refractivity (Wildman–Crippen MR) is 82.0 cm³/mol. The van der Waals surface area contributed by atoms with Crippen LogP contribution >= 0.6 is 22.7 Å². The van der Waals surface area contributed by atoms with Gasteiger partial charge in [0.2, 0.25) is 6.10 Å². The Labute approximate surface area is 129 Å². The summed E-state index contributed by atoms with van der Waals surface area (Å²) >= 11 is 3.00. The predicted octanol–water partition coefficient (Wildman–Crippen LogP) is 3.21. The number of hydrogen-bond donors (Lipinski definition) is 0. The molecule has 0 amide bonds. The lowest BCUT2D eigenvalue weighted by atomic mass is 10.2. The molecule has 0 bridgehead atoms. The molecule has 21 heavy (non-hydrogen) atoms. The Balaban J connectivity index is 1.85. The van der Waals surface area contributed by atoms with Crippen LogP contribution < -0.4 is 0 Å². The number of carbonyl (C=O) groups is 2. The van der Waals surface area contributed by atoms with Crippen molar-refractivity contribution >= 4 is 46.3 Å². The van der Waals surface area contributed by atoms with E-state index in [1.165, 1.54) is 22.7 Å². The van der Waals surface area contributed by atoms with Crippen LogP contribution in [0.15, 0.2) is 35.0 Å². The molecule has 0 unspecified atom stereocenters. The molecule has 1 fully saturated rings. The van der Waals surface area contributed by atoms with Crippen LogP contribution in [0.4, 0.5) is 0 Å². The highest BCUT2D eigenvalue weighted by Gasteiger charge is 2.31. The van der Waals surface area contributed by atoms with E-state index in [2.05, 4.69) is 0 Å². The second-order valence-electron chi connectivity index (χ2n) is 4.40. The summed E-state index contributed by atoms with van der Waals surface area (Å²) < 4.78 is 10.1. The molecule has 4 nitrogen and oxygen atoms in total. The smallest absolute Gasteiger partial charge is 0.347 e. The SMILES string of the molecule is O=C(O[C@@H]1CCOC1=O)/C(=C\c1cccs1)c1cccs1. The van der Waals surface area contributed by atoms with Crippen LogP contribution in [0, 0.1) is 0 Å². The normalized spacial score (nSPS) is 18.6. The summed E-state index contributed by atoms with van der Waals surface area (Å²) in [6, 6.07) is 7.58. The van der Waals surface area contributed by atoms with Crippen molar-refractivity contribution in [2.75, 3.05) is 6.61 Å². The average molecular weight is 320 g/mol. The fraction of sp³-hybridized carbons (Fsp3) is 0.200. The van der Waals surface area contributed by atoms with E-state index in [0.717, 1.165) is 9.75 Å². The van der Waals surface area contributed by atoms with Crippen molar-refractivity contribution in [3.05, 3.63) is 44.8 Å². The lowest BCUT2D eigenvalue weighted by molar-refractivity contribution is -0.156. The van der Waals surface area contributed by atoms with Gasteiger partial charge in [0, 0.05) is 16.2 Å². The van der Waals surface area contributed by atoms with Crippen LogP contribution in [0.2, 0.25) is 0 Å². The molecule has 1 atom stereocenters. The highest BCUT2D eigenvalue weighted by Crippen LogP contribution is 2.27. The van der Waals surface area contributed by atoms with Crippen molar-refractivity contribution in [2.24, 2.45) is 0 Å². The molecule has 2 aromatic heterocycles. The van der Waals surface area contributed by atoms with E-state index in [1.807, 2.05) is 35.0 Å². The fourth-order valence-electron chi connectivity index (χ4n) is 1.96. The second-order valence-corrected chi connectivity index (χ2v) is 6.33. The zero-order chi connectivity index (χ0) is 14.7. The van der Waals surface area contributed by atoms with Gasteiger partial charge in [-0.05, 0) is 29.0 Å². The Hall–Kier alpha value is -1.92. The van der Waals surface area contributed by atoms with E-state index in [1.54, 1.807) is 6.08 Å². The third-order valence-corrected chi connectivity index (χ3v) is 4.70. The number of rotatable bonds is 4. The van der Waals surface area contributed by atoms with Gasteiger partial charge in [-0.2, -0.15) is 0 Å². The van der Waals surface area contributed by atoms with Crippen molar-refractivity contribution in [1.82, 2.24) is 0 Å². The van der Waals surface area contributed by atoms with Crippen LogP contribution in [0.3, 0.4) is 0 Å². The molecule has 2 aromatic rings. The molecule has 1 aliphatic heterocycles. The highest BCUT2D eigenvalue weighted by atomic mass is 32.1. The summed E-state index contributed by atoms with van der Waals surface area (Å²) in [7, 11) is 0. The first kappa shape index (κ1) is 14.0. The topological polar surface area (TPSA) is 52.6 Å². The summed E-state index contributed by atoms with van der Waals surface area (Å²) in [5, 5.41) is 3.84. The Morgan fingerprint density at radius 3 is 2.71 bits per heavy atom. The van der Waals surface area contributed by atoms with Gasteiger partial charge < -0.3 is 9.47 Å². The molecule has 0 spiro atoms. The molecule has 3 rings (SSSR count). The number of cyclic esters (lactones) is 1. The summed E-state index contributed by atoms with van der Waals surface area (Å²) in [4.78, 5) is 25.6. The number of esters is 2. The first-order valence-electron chi connectivity index (χ1n) is 6.41. The van der Waals surface area contributed by atoms with E-state index >= 15 is 0 Å². The second kappa shape index (κ2) is 6.24. The van der Waals surface area contributed by atoms with Gasteiger partial charge in [-0.3, -0.25) is 0 Å². The first-order chi connectivity index (χ1) is 10.2. The van der Waals surface area contributed by atoms with Gasteiger partial charge in [0.1, 0.15) is 0 Å². The minimum absolute atomic E-state index is 0.305. The van der Waals surface area contributed by atoms with E-state index in [0.29, 0.717) is 18.6 Å². The van der Waals surface area contributed by atoms with Crippen molar-refractivity contribution in [3.8, 4) is 0 Å². The third kappa shape index (κ3) is 3.22. The molecule has 6 heteroatoms. The van der Waals surface area contributed by atoms with Gasteiger partial charge >= 0.3 is 11.9 Å². The van der Waals surface area contributed by atoms with E-state index in [4.69, 9.17) is 9.47 Å². The Bertz CT molecular complexity index is 656. The third-order valence-electron chi connectivity index (χ3n) is 2.97. The zero-order valence-electron chi connectivity index (χ0n) is 11.0. The minimum Gasteiger partial charge on any atom is -0.463 e. The zero-order valence-corrected chi connectivity index (χ0v) is 12.6. The first-order valence-corrected chi connectivity index (χ1v) is 8.16. The van der Waals surface area contributed by atoms with Crippen LogP contribution in [0.25, 0.3) is 11.6 Å². The molecular formula is C15H12O4S2. The minimum atomic E-state index is -0.788. The summed E-state index contributed by atoms with van der Waals surface area (Å²) in [5.41, 5.74) is 0.465. The lowest BCUT2D eigenvalue weighted by Gasteiger charge is -2.10. The van der Waals surface area contributed by atoms with Gasteiger partial charge in [-0.25, -0.2) is 9.59 Å². The van der Waals surface area contributed by atoms with Crippen molar-refractivity contribution in [2.45, 2.75) is 12.5 Å². The maximum absolute atomic E-state index is 12.4. The fourth-order valence-corrected chi connectivity index (χ4v) is 3.34. The van der Waals surface area contributed by atoms with E-state index < -0.39 is 18.0 Å². The van der Waals surface area contributed by atoms with Gasteiger partial charge in [0.25, 0.3) is 0 Å². The average Bonchev–Trinajstić information content (AvgIpc) is 3.19. The van der Waals surface area contributed by atoms with Crippen molar-refractivity contribution in [3.63, 3.8) is 0 Å². The van der Waals surface area contributed by atoms with Gasteiger partial charge in [-0.15, -0.1) is 22.7 Å². The largest absolute Gasteiger partial charge is 0.463 e. The molecule has 1 saturated heterocycles. The number of hydrogen-bond acceptors (Lipinski definition) is 6. The quantitative estimate of drug-likeness (QED) is 0.641. The molecule has 108 valence electrons. The van der Waals surface area contributed by atoms with Gasteiger partial charge in [0.15, 0.2) is 0 Å². The van der Waals surface area contributed by atoms with Crippen molar-refractivity contribution in [1.29, 1.82) is 0 Å². The molecular weight excluding hydrogens is 308 g/mol. The maximum Gasteiger partial charge on any atom is 0.347 e. The molecule has 0 saturated carbocycles. The highest BCUT2D eigenvalue weighted by molar-refractivity contribution is 7.12. The van der Waals surface area contributed by atoms with Crippen LogP contribution in [0.1, 0.15) is 16.2 Å². The number of carbonyl (C=O) groups excluding carboxylic acids is 2. The van der Waals surface area contributed by atoms with Crippen molar-refractivity contribution < 1.29 is 19.1 Å². The molecule has 1 aliphatic rings. The molecule has 0 aliphatic carbocycles. The van der Waals surface area contributed by atoms with Crippen LogP contribution in [-0.2, 0) is 19.1 Å². The summed E-state index contributed by atoms with van der Waals surface area (Å²) in [6.07, 6.45) is 1.42. The van der Waals surface area contributed by atoms with E-state index in [-0.39, 0.29) is 0 Å². The van der Waals surface area contributed by atoms with E-state index in [9.17, 15) is 9.59 Å². The van der Waals surface area contributed by atoms with Crippen LogP contribution in [0.5, 0.6) is 0 Å². The summed E-state index contributed by atoms with van der Waals surface area (Å²) in [5.74, 6) is -0.959. The monoisotopic (exact) mass is 320 g/mol. The molecule has 3 heterocycles. The Kier molecular flexibility index (Phi) is 4.17. The molecule has 0 radical (unpaired) electrons. The molecule has 0 aromatic carbocycles. The number of ether oxygens (including phenoxy) is 2. The Morgan fingerprint density at radius 2 is 2.10 bits per heavy atom. The van der Waals surface area contributed by atoms with Gasteiger partial charge in [-0.1, -0.05) is 12.1 Å². The molecule has 0 N–H and O–H groups in total. The lowest BCUT2D eigenvalue weighted by Crippen LogP contribution is -2.23. The van der Waals surface area contributed by atoms with Gasteiger partial charge in [0.05, 0.1) is 12.2 Å². The Morgan fingerprint density at radius 1 is 1.29 bits per heavy atom.